The summed E-state index contributed by atoms with van der Waals surface area (Å²) in [6.07, 6.45) is 0.403. The average Bonchev–Trinajstić information content (AvgIpc) is 2.39. The number of nitrogens with zero attached hydrogens (tertiary/aromatic N) is 1. The van der Waals surface area contributed by atoms with E-state index < -0.39 is 21.7 Å². The number of benzene rings is 1. The second-order valence-corrected chi connectivity index (χ2v) is 6.19. The highest BCUT2D eigenvalue weighted by molar-refractivity contribution is 7.89. The molecule has 1 aromatic carbocycles. The summed E-state index contributed by atoms with van der Waals surface area (Å²) in [5, 5.41) is 11.1. The van der Waals surface area contributed by atoms with Gasteiger partial charge in [0.1, 0.15) is 5.82 Å². The van der Waals surface area contributed by atoms with Crippen molar-refractivity contribution >= 4 is 15.9 Å². The highest BCUT2D eigenvalue weighted by Gasteiger charge is 2.22. The predicted octanol–water partition coefficient (Wildman–Crippen LogP) is -0.0552. The number of rotatable bonds is 7. The second-order valence-electron chi connectivity index (χ2n) is 4.14. The van der Waals surface area contributed by atoms with Gasteiger partial charge in [-0.3, -0.25) is 4.79 Å². The van der Waals surface area contributed by atoms with Crippen molar-refractivity contribution in [2.45, 2.75) is 11.3 Å². The Morgan fingerprint density at radius 2 is 1.95 bits per heavy atom. The molecule has 0 saturated heterocycles. The molecule has 0 aromatic heterocycles. The predicted molar refractivity (Wildman–Crippen MR) is 70.9 cm³/mol. The number of carbonyl (C=O) groups is 1. The standard InChI is InChI=1S/C12H17FN2O4S/c1-15(9-12(17)14-7-2-8-16)20(18,19)11-5-3-10(13)4-6-11/h3-6,16H,2,7-9H2,1H3,(H,14,17). The third kappa shape index (κ3) is 4.55. The number of nitrogens with one attached hydrogen (secondary N) is 1. The fourth-order valence-electron chi connectivity index (χ4n) is 1.44. The minimum atomic E-state index is -3.82. The summed E-state index contributed by atoms with van der Waals surface area (Å²) in [7, 11) is -2.56. The maximum Gasteiger partial charge on any atom is 0.243 e. The number of carbonyl (C=O) groups excluding carboxylic acids is 1. The number of hydrogen-bond donors (Lipinski definition) is 2. The third-order valence-corrected chi connectivity index (χ3v) is 4.36. The van der Waals surface area contributed by atoms with E-state index in [-0.39, 0.29) is 24.6 Å². The van der Waals surface area contributed by atoms with Crippen molar-refractivity contribution in [3.05, 3.63) is 30.1 Å². The summed E-state index contributed by atoms with van der Waals surface area (Å²) in [5.74, 6) is -1.00. The highest BCUT2D eigenvalue weighted by Crippen LogP contribution is 2.14. The zero-order chi connectivity index (χ0) is 15.2. The Bertz CT molecular complexity index is 545. The third-order valence-electron chi connectivity index (χ3n) is 2.55. The number of aliphatic hydroxyl groups is 1. The molecule has 20 heavy (non-hydrogen) atoms. The summed E-state index contributed by atoms with van der Waals surface area (Å²) in [5.41, 5.74) is 0. The molecule has 0 spiro atoms. The molecule has 1 rings (SSSR count). The van der Waals surface area contributed by atoms with Crippen molar-refractivity contribution in [1.82, 2.24) is 9.62 Å². The van der Waals surface area contributed by atoms with Gasteiger partial charge in [0.2, 0.25) is 15.9 Å². The van der Waals surface area contributed by atoms with Gasteiger partial charge in [-0.25, -0.2) is 12.8 Å². The molecule has 0 atom stereocenters. The van der Waals surface area contributed by atoms with Crippen molar-refractivity contribution in [2.75, 3.05) is 26.7 Å². The number of likely N-dealkylation sites (N-methyl/N-ethyl adjacent to an activating group) is 1. The molecule has 0 radical (unpaired) electrons. The fraction of sp³-hybridized carbons (Fsp3) is 0.417. The Balaban J connectivity index is 2.68. The van der Waals surface area contributed by atoms with Crippen molar-refractivity contribution in [3.8, 4) is 0 Å². The van der Waals surface area contributed by atoms with Gasteiger partial charge in [-0.15, -0.1) is 0 Å². The maximum absolute atomic E-state index is 12.8. The Kier molecular flexibility index (Phi) is 6.05. The molecule has 0 unspecified atom stereocenters. The molecule has 0 saturated carbocycles. The van der Waals surface area contributed by atoms with E-state index in [1.54, 1.807) is 0 Å². The summed E-state index contributed by atoms with van der Waals surface area (Å²) < 4.78 is 37.8. The minimum Gasteiger partial charge on any atom is -0.396 e. The van der Waals surface area contributed by atoms with E-state index in [0.717, 1.165) is 28.6 Å². The zero-order valence-corrected chi connectivity index (χ0v) is 11.9. The molecular formula is C12H17FN2O4S. The Morgan fingerprint density at radius 1 is 1.35 bits per heavy atom. The van der Waals surface area contributed by atoms with E-state index in [9.17, 15) is 17.6 Å². The lowest BCUT2D eigenvalue weighted by Crippen LogP contribution is -2.38. The van der Waals surface area contributed by atoms with Gasteiger partial charge in [-0.05, 0) is 30.7 Å². The molecule has 0 aliphatic heterocycles. The van der Waals surface area contributed by atoms with Gasteiger partial charge in [0.05, 0.1) is 11.4 Å². The molecule has 1 aromatic rings. The Labute approximate surface area is 117 Å². The lowest BCUT2D eigenvalue weighted by molar-refractivity contribution is -0.121. The number of aliphatic hydroxyl groups excluding tert-OH is 1. The molecular weight excluding hydrogens is 287 g/mol. The van der Waals surface area contributed by atoms with Crippen molar-refractivity contribution in [1.29, 1.82) is 0 Å². The van der Waals surface area contributed by atoms with E-state index in [2.05, 4.69) is 5.32 Å². The first-order valence-corrected chi connectivity index (χ1v) is 7.41. The topological polar surface area (TPSA) is 86.7 Å². The van der Waals surface area contributed by atoms with Crippen LogP contribution in [0.2, 0.25) is 0 Å². The highest BCUT2D eigenvalue weighted by atomic mass is 32.2. The van der Waals surface area contributed by atoms with Crippen molar-refractivity contribution in [3.63, 3.8) is 0 Å². The molecule has 112 valence electrons. The molecule has 0 aliphatic carbocycles. The molecule has 2 N–H and O–H groups in total. The smallest absolute Gasteiger partial charge is 0.243 e. The van der Waals surface area contributed by atoms with Gasteiger partial charge in [0.15, 0.2) is 0 Å². The number of amides is 1. The fourth-order valence-corrected chi connectivity index (χ4v) is 2.56. The molecule has 0 aliphatic rings. The van der Waals surface area contributed by atoms with Crippen LogP contribution in [0.5, 0.6) is 0 Å². The monoisotopic (exact) mass is 304 g/mol. The first-order valence-electron chi connectivity index (χ1n) is 5.97. The lowest BCUT2D eigenvalue weighted by atomic mass is 10.4. The Hall–Kier alpha value is -1.51. The summed E-state index contributed by atoms with van der Waals surface area (Å²) in [4.78, 5) is 11.4. The number of hydrogen-bond acceptors (Lipinski definition) is 4. The molecule has 1 amide bonds. The Morgan fingerprint density at radius 3 is 2.50 bits per heavy atom. The van der Waals surface area contributed by atoms with Crippen LogP contribution >= 0.6 is 0 Å². The van der Waals surface area contributed by atoms with E-state index in [4.69, 9.17) is 5.11 Å². The first kappa shape index (κ1) is 16.5. The van der Waals surface area contributed by atoms with Crippen molar-refractivity contribution < 1.29 is 22.7 Å². The second kappa shape index (κ2) is 7.32. The summed E-state index contributed by atoms with van der Waals surface area (Å²) in [6.45, 7) is -0.116. The quantitative estimate of drug-likeness (QED) is 0.691. The lowest BCUT2D eigenvalue weighted by Gasteiger charge is -2.16. The van der Waals surface area contributed by atoms with Crippen LogP contribution in [-0.2, 0) is 14.8 Å². The van der Waals surface area contributed by atoms with E-state index >= 15 is 0 Å². The summed E-state index contributed by atoms with van der Waals surface area (Å²) in [6, 6.07) is 4.37. The van der Waals surface area contributed by atoms with Gasteiger partial charge in [0.25, 0.3) is 0 Å². The number of sulfonamides is 1. The summed E-state index contributed by atoms with van der Waals surface area (Å²) >= 11 is 0. The molecule has 0 heterocycles. The van der Waals surface area contributed by atoms with Gasteiger partial charge < -0.3 is 10.4 Å². The van der Waals surface area contributed by atoms with E-state index in [0.29, 0.717) is 6.42 Å². The van der Waals surface area contributed by atoms with Crippen LogP contribution < -0.4 is 5.32 Å². The number of halogens is 1. The van der Waals surface area contributed by atoms with Crippen LogP contribution in [0.15, 0.2) is 29.2 Å². The van der Waals surface area contributed by atoms with Gasteiger partial charge in [0, 0.05) is 20.2 Å². The minimum absolute atomic E-state index is 0.0516. The van der Waals surface area contributed by atoms with Crippen molar-refractivity contribution in [2.24, 2.45) is 0 Å². The molecule has 0 bridgehead atoms. The normalized spacial score (nSPS) is 11.6. The van der Waals surface area contributed by atoms with Gasteiger partial charge >= 0.3 is 0 Å². The zero-order valence-electron chi connectivity index (χ0n) is 11.0. The maximum atomic E-state index is 12.8. The van der Waals surface area contributed by atoms with Crippen LogP contribution in [0, 0.1) is 5.82 Å². The molecule has 8 heteroatoms. The van der Waals surface area contributed by atoms with Crippen LogP contribution in [0.4, 0.5) is 4.39 Å². The first-order chi connectivity index (χ1) is 9.37. The molecule has 6 nitrogen and oxygen atoms in total. The van der Waals surface area contributed by atoms with Crippen LogP contribution in [0.25, 0.3) is 0 Å². The average molecular weight is 304 g/mol. The van der Waals surface area contributed by atoms with E-state index in [1.165, 1.54) is 7.05 Å². The van der Waals surface area contributed by atoms with Gasteiger partial charge in [-0.1, -0.05) is 0 Å². The van der Waals surface area contributed by atoms with Gasteiger partial charge in [-0.2, -0.15) is 4.31 Å². The van der Waals surface area contributed by atoms with Crippen LogP contribution in [0.3, 0.4) is 0 Å². The van der Waals surface area contributed by atoms with Crippen LogP contribution in [-0.4, -0.2) is 50.5 Å². The molecule has 0 fully saturated rings. The largest absolute Gasteiger partial charge is 0.396 e. The van der Waals surface area contributed by atoms with Crippen LogP contribution in [0.1, 0.15) is 6.42 Å². The SMILES string of the molecule is CN(CC(=O)NCCCO)S(=O)(=O)c1ccc(F)cc1. The van der Waals surface area contributed by atoms with E-state index in [1.807, 2.05) is 0 Å².